The van der Waals surface area contributed by atoms with Gasteiger partial charge < -0.3 is 20.4 Å². The van der Waals surface area contributed by atoms with Crippen LogP contribution < -0.4 is 53.6 Å². The summed E-state index contributed by atoms with van der Waals surface area (Å²) in [7, 11) is -4.66. The van der Waals surface area contributed by atoms with E-state index in [1.165, 1.54) is 18.2 Å². The zero-order valence-corrected chi connectivity index (χ0v) is 19.5. The van der Waals surface area contributed by atoms with Crippen LogP contribution in [0.1, 0.15) is 11.1 Å². The largest absolute Gasteiger partial charge is 1.00 e. The molecule has 0 unspecified atom stereocenters. The Kier molecular flexibility index (Phi) is 11.3. The number of pyridine rings is 1. The SMILES string of the molecule is Cc1cc(Nc2ccccc2SOO[O-])nc(Nc2ccccc2S(=O)(=O)[O-])c1C.[Li+].[Li+]. The zero-order chi connectivity index (χ0) is 21.7. The summed E-state index contributed by atoms with van der Waals surface area (Å²) < 4.78 is 39.0. The van der Waals surface area contributed by atoms with Crippen LogP contribution in [0.3, 0.4) is 0 Å². The van der Waals surface area contributed by atoms with Crippen molar-refractivity contribution in [2.45, 2.75) is 23.6 Å². The van der Waals surface area contributed by atoms with Gasteiger partial charge in [-0.25, -0.2) is 13.4 Å². The van der Waals surface area contributed by atoms with Crippen LogP contribution in [0.2, 0.25) is 0 Å². The molecule has 0 bridgehead atoms. The molecule has 9 nitrogen and oxygen atoms in total. The summed E-state index contributed by atoms with van der Waals surface area (Å²) >= 11 is 0.743. The molecule has 0 saturated heterocycles. The first-order valence-corrected chi connectivity index (χ1v) is 10.7. The Morgan fingerprint density at radius 2 is 1.59 bits per heavy atom. The molecule has 2 aromatic carbocycles. The first-order chi connectivity index (χ1) is 14.3. The molecular weight excluding hydrogens is 444 g/mol. The average molecular weight is 461 g/mol. The fourth-order valence-electron chi connectivity index (χ4n) is 2.67. The van der Waals surface area contributed by atoms with E-state index >= 15 is 0 Å². The van der Waals surface area contributed by atoms with E-state index in [9.17, 15) is 18.2 Å². The van der Waals surface area contributed by atoms with E-state index < -0.39 is 10.1 Å². The normalized spacial score (nSPS) is 10.6. The Morgan fingerprint density at radius 1 is 0.969 bits per heavy atom. The summed E-state index contributed by atoms with van der Waals surface area (Å²) in [5, 5.41) is 19.6. The average Bonchev–Trinajstić information content (AvgIpc) is 2.70. The predicted molar refractivity (Wildman–Crippen MR) is 109 cm³/mol. The molecule has 0 atom stereocenters. The number of benzene rings is 2. The minimum Gasteiger partial charge on any atom is -0.744 e. The zero-order valence-electron chi connectivity index (χ0n) is 17.9. The number of nitrogens with zero attached hydrogens (tertiary/aromatic N) is 1. The van der Waals surface area contributed by atoms with Crippen LogP contribution in [0, 0.1) is 13.8 Å². The molecule has 0 aliphatic rings. The Morgan fingerprint density at radius 3 is 2.25 bits per heavy atom. The monoisotopic (exact) mass is 461 g/mol. The fraction of sp³-hybridized carbons (Fsp3) is 0.105. The number of nitrogens with one attached hydrogen (secondary N) is 2. The Balaban J connectivity index is 0.00000256. The number of hydrogen-bond donors (Lipinski definition) is 2. The van der Waals surface area contributed by atoms with Crippen molar-refractivity contribution in [2.75, 3.05) is 10.6 Å². The number of aromatic nitrogens is 1. The first-order valence-electron chi connectivity index (χ1n) is 8.59. The molecule has 0 amide bonds. The third kappa shape index (κ3) is 7.27. The van der Waals surface area contributed by atoms with Crippen LogP contribution in [0.15, 0.2) is 64.4 Å². The van der Waals surface area contributed by atoms with Crippen molar-refractivity contribution in [3.8, 4) is 0 Å². The molecule has 0 saturated carbocycles. The van der Waals surface area contributed by atoms with E-state index in [-0.39, 0.29) is 48.3 Å². The number of para-hydroxylation sites is 2. The van der Waals surface area contributed by atoms with Crippen molar-refractivity contribution in [1.82, 2.24) is 4.98 Å². The first kappa shape index (κ1) is 28.6. The van der Waals surface area contributed by atoms with Crippen molar-refractivity contribution < 1.29 is 65.3 Å². The summed E-state index contributed by atoms with van der Waals surface area (Å²) in [4.78, 5) is 4.73. The molecule has 3 aromatic rings. The maximum Gasteiger partial charge on any atom is 1.00 e. The Bertz CT molecular complexity index is 1170. The van der Waals surface area contributed by atoms with Crippen LogP contribution in [0.5, 0.6) is 0 Å². The van der Waals surface area contributed by atoms with Gasteiger partial charge in [0.2, 0.25) is 0 Å². The summed E-state index contributed by atoms with van der Waals surface area (Å²) in [5.74, 6) is 0.844. The fourth-order valence-corrected chi connectivity index (χ4v) is 3.75. The molecule has 0 aliphatic carbocycles. The van der Waals surface area contributed by atoms with Gasteiger partial charge in [0.1, 0.15) is 21.8 Å². The van der Waals surface area contributed by atoms with Crippen LogP contribution >= 0.6 is 12.0 Å². The van der Waals surface area contributed by atoms with Gasteiger partial charge in [-0.2, -0.15) is 4.33 Å². The van der Waals surface area contributed by atoms with Crippen molar-refractivity contribution in [3.05, 3.63) is 65.7 Å². The van der Waals surface area contributed by atoms with Gasteiger partial charge in [0, 0.05) is 0 Å². The van der Waals surface area contributed by atoms with Gasteiger partial charge >= 0.3 is 37.7 Å². The van der Waals surface area contributed by atoms with Gasteiger partial charge in [-0.15, -0.1) is 0 Å². The molecule has 2 N–H and O–H groups in total. The molecule has 0 spiro atoms. The Hall–Kier alpha value is -1.48. The van der Waals surface area contributed by atoms with E-state index in [2.05, 4.69) is 25.0 Å². The van der Waals surface area contributed by atoms with Crippen LogP contribution in [-0.4, -0.2) is 18.0 Å². The minimum atomic E-state index is -4.66. The summed E-state index contributed by atoms with van der Waals surface area (Å²) in [5.41, 5.74) is 2.41. The molecular formula is C19H17Li2N3O6S2. The number of hydrogen-bond acceptors (Lipinski definition) is 10. The summed E-state index contributed by atoms with van der Waals surface area (Å²) in [6.07, 6.45) is 0. The van der Waals surface area contributed by atoms with Gasteiger partial charge in [0.05, 0.1) is 33.2 Å². The smallest absolute Gasteiger partial charge is 0.744 e. The van der Waals surface area contributed by atoms with Gasteiger partial charge in [0.25, 0.3) is 0 Å². The standard InChI is InChI=1S/C19H19N3O6S2.2Li/c1-12-11-18(20-14-7-3-5-9-16(14)29-28-27-23)22-19(13(12)2)21-15-8-4-6-10-17(15)30(24,25)26;;/h3-11,23H,1-2H3,(H2,20,21,22)(H,24,25,26);;/q;2*+1/p-2. The number of rotatable bonds is 8. The topological polar surface area (TPSA) is 136 Å². The van der Waals surface area contributed by atoms with Crippen molar-refractivity contribution in [1.29, 1.82) is 0 Å². The summed E-state index contributed by atoms with van der Waals surface area (Å²) in [6, 6.07) is 14.7. The van der Waals surface area contributed by atoms with Crippen LogP contribution in [-0.2, 0) is 19.5 Å². The molecule has 0 radical (unpaired) electrons. The van der Waals surface area contributed by atoms with E-state index in [0.29, 0.717) is 22.2 Å². The molecule has 13 heteroatoms. The third-order valence-corrected chi connectivity index (χ3v) is 5.80. The number of anilines is 4. The van der Waals surface area contributed by atoms with Crippen molar-refractivity contribution in [3.63, 3.8) is 0 Å². The molecule has 1 heterocycles. The van der Waals surface area contributed by atoms with Crippen LogP contribution in [0.4, 0.5) is 23.0 Å². The summed E-state index contributed by atoms with van der Waals surface area (Å²) in [6.45, 7) is 3.70. The minimum absolute atomic E-state index is 0. The number of aryl methyl sites for hydroxylation is 1. The quantitative estimate of drug-likeness (QED) is 0.120. The molecule has 1 aromatic heterocycles. The second-order valence-electron chi connectivity index (χ2n) is 6.21. The second-order valence-corrected chi connectivity index (χ2v) is 8.30. The van der Waals surface area contributed by atoms with Gasteiger partial charge in [0.15, 0.2) is 0 Å². The molecule has 32 heavy (non-hydrogen) atoms. The molecule has 0 fully saturated rings. The molecule has 158 valence electrons. The van der Waals surface area contributed by atoms with E-state index in [0.717, 1.165) is 23.2 Å². The predicted octanol–water partition coefficient (Wildman–Crippen LogP) is -2.67. The second kappa shape index (κ2) is 12.7. The van der Waals surface area contributed by atoms with Crippen LogP contribution in [0.25, 0.3) is 0 Å². The van der Waals surface area contributed by atoms with Gasteiger partial charge in [-0.1, -0.05) is 24.3 Å². The molecule has 0 aliphatic heterocycles. The van der Waals surface area contributed by atoms with Crippen molar-refractivity contribution in [2.24, 2.45) is 0 Å². The molecule has 3 rings (SSSR count). The third-order valence-electron chi connectivity index (χ3n) is 4.24. The van der Waals surface area contributed by atoms with E-state index in [4.69, 9.17) is 0 Å². The van der Waals surface area contributed by atoms with Gasteiger partial charge in [-0.05, 0) is 55.3 Å². The van der Waals surface area contributed by atoms with Crippen molar-refractivity contribution >= 4 is 45.2 Å². The maximum atomic E-state index is 11.6. The van der Waals surface area contributed by atoms with Gasteiger partial charge in [-0.3, -0.25) is 5.04 Å². The maximum absolute atomic E-state index is 11.6. The Labute approximate surface area is 214 Å². The van der Waals surface area contributed by atoms with E-state index in [1.807, 2.05) is 19.9 Å². The van der Waals surface area contributed by atoms with E-state index in [1.54, 1.807) is 30.3 Å².